The van der Waals surface area contributed by atoms with Crippen LogP contribution in [-0.4, -0.2) is 96.7 Å². The van der Waals surface area contributed by atoms with Crippen molar-refractivity contribution in [2.24, 2.45) is 0 Å². The van der Waals surface area contributed by atoms with E-state index in [0.29, 0.717) is 25.7 Å². The molecule has 0 aromatic heterocycles. The fourth-order valence-electron chi connectivity index (χ4n) is 10.1. The van der Waals surface area contributed by atoms with Crippen LogP contribution in [-0.2, 0) is 65.4 Å². The van der Waals surface area contributed by atoms with E-state index in [-0.39, 0.29) is 25.7 Å². The van der Waals surface area contributed by atoms with E-state index in [2.05, 4.69) is 125 Å². The first-order chi connectivity index (χ1) is 47.7. The van der Waals surface area contributed by atoms with Crippen LogP contribution in [0.2, 0.25) is 0 Å². The highest BCUT2D eigenvalue weighted by Crippen LogP contribution is 2.45. The average molecular weight is 1420 g/mol. The van der Waals surface area contributed by atoms with Crippen molar-refractivity contribution in [3.8, 4) is 0 Å². The summed E-state index contributed by atoms with van der Waals surface area (Å²) in [4.78, 5) is 72.8. The minimum Gasteiger partial charge on any atom is -0.462 e. The molecule has 0 aliphatic carbocycles. The molecule has 0 heterocycles. The highest BCUT2D eigenvalue weighted by atomic mass is 31.2. The molecule has 3 N–H and O–H groups in total. The van der Waals surface area contributed by atoms with Crippen molar-refractivity contribution in [1.82, 2.24) is 0 Å². The number of allylic oxidation sites excluding steroid dienone is 16. The molecule has 0 rings (SSSR count). The SMILES string of the molecule is CC/C=C\C/C=C\C/C=C\C/C=C\CCCCCCCCC(=O)OCC(COP(=O)(O)OCC(O)COP(=O)(O)OCC(COC(=O)CCCCCCC/C=C\C/C=C\CCCCC)OC(=O)CCCCCCC/C=C\CCCCCC)OC(=O)CCCCCCC/C=C\CCCC. The van der Waals surface area contributed by atoms with Gasteiger partial charge < -0.3 is 33.8 Å². The zero-order valence-corrected chi connectivity index (χ0v) is 63.5. The molecule has 5 atom stereocenters. The van der Waals surface area contributed by atoms with Gasteiger partial charge in [0, 0.05) is 25.7 Å². The van der Waals surface area contributed by atoms with E-state index in [1.54, 1.807) is 0 Å². The monoisotopic (exact) mass is 1420 g/mol. The summed E-state index contributed by atoms with van der Waals surface area (Å²) < 4.78 is 68.4. The third kappa shape index (κ3) is 70.4. The molecular weight excluding hydrogens is 1280 g/mol. The van der Waals surface area contributed by atoms with Gasteiger partial charge in [-0.1, -0.05) is 253 Å². The Morgan fingerprint density at radius 2 is 0.541 bits per heavy atom. The largest absolute Gasteiger partial charge is 0.472 e. The molecule has 0 aromatic rings. The maximum absolute atomic E-state index is 13.1. The van der Waals surface area contributed by atoms with Gasteiger partial charge in [-0.05, 0) is 141 Å². The predicted molar refractivity (Wildman–Crippen MR) is 399 cm³/mol. The molecule has 0 bridgehead atoms. The summed E-state index contributed by atoms with van der Waals surface area (Å²) in [6.45, 7) is 4.65. The van der Waals surface area contributed by atoms with Gasteiger partial charge in [0.15, 0.2) is 12.2 Å². The van der Waals surface area contributed by atoms with Gasteiger partial charge in [0.2, 0.25) is 0 Å². The van der Waals surface area contributed by atoms with Crippen LogP contribution < -0.4 is 0 Å². The lowest BCUT2D eigenvalue weighted by atomic mass is 10.1. The first-order valence-electron chi connectivity index (χ1n) is 38.5. The lowest BCUT2D eigenvalue weighted by Gasteiger charge is -2.21. The first-order valence-corrected chi connectivity index (χ1v) is 41.5. The van der Waals surface area contributed by atoms with E-state index in [0.717, 1.165) is 186 Å². The van der Waals surface area contributed by atoms with Crippen molar-refractivity contribution in [2.45, 2.75) is 341 Å². The lowest BCUT2D eigenvalue weighted by molar-refractivity contribution is -0.161. The summed E-state index contributed by atoms with van der Waals surface area (Å²) in [6, 6.07) is 0. The molecule has 566 valence electrons. The number of hydrogen-bond acceptors (Lipinski definition) is 15. The summed E-state index contributed by atoms with van der Waals surface area (Å²) >= 11 is 0. The van der Waals surface area contributed by atoms with Gasteiger partial charge in [-0.3, -0.25) is 37.3 Å². The molecule has 98 heavy (non-hydrogen) atoms. The summed E-state index contributed by atoms with van der Waals surface area (Å²) in [5, 5.41) is 10.6. The van der Waals surface area contributed by atoms with E-state index in [4.69, 9.17) is 37.0 Å². The summed E-state index contributed by atoms with van der Waals surface area (Å²) in [7, 11) is -9.95. The van der Waals surface area contributed by atoms with E-state index < -0.39 is 97.5 Å². The van der Waals surface area contributed by atoms with Crippen LogP contribution in [0, 0.1) is 0 Å². The second-order valence-electron chi connectivity index (χ2n) is 25.6. The number of esters is 4. The molecule has 0 amide bonds. The van der Waals surface area contributed by atoms with Crippen molar-refractivity contribution < 1.29 is 80.2 Å². The van der Waals surface area contributed by atoms with Gasteiger partial charge in [-0.2, -0.15) is 0 Å². The molecule has 0 spiro atoms. The van der Waals surface area contributed by atoms with E-state index in [9.17, 15) is 43.2 Å². The molecule has 0 aliphatic rings. The van der Waals surface area contributed by atoms with Gasteiger partial charge in [0.25, 0.3) is 0 Å². The molecule has 17 nitrogen and oxygen atoms in total. The van der Waals surface area contributed by atoms with Crippen molar-refractivity contribution in [1.29, 1.82) is 0 Å². The number of aliphatic hydroxyl groups excluding tert-OH is 1. The predicted octanol–water partition coefficient (Wildman–Crippen LogP) is 22.0. The Morgan fingerprint density at radius 1 is 0.296 bits per heavy atom. The van der Waals surface area contributed by atoms with Crippen LogP contribution in [0.15, 0.2) is 97.2 Å². The fourth-order valence-corrected chi connectivity index (χ4v) is 11.7. The van der Waals surface area contributed by atoms with E-state index in [1.165, 1.54) is 57.8 Å². The Morgan fingerprint density at radius 3 is 0.878 bits per heavy atom. The lowest BCUT2D eigenvalue weighted by Crippen LogP contribution is -2.30. The van der Waals surface area contributed by atoms with Crippen LogP contribution in [0.25, 0.3) is 0 Å². The number of aliphatic hydroxyl groups is 1. The van der Waals surface area contributed by atoms with Gasteiger partial charge in [0.05, 0.1) is 26.4 Å². The molecule has 0 saturated heterocycles. The number of unbranched alkanes of at least 4 members (excludes halogenated alkanes) is 30. The quantitative estimate of drug-likeness (QED) is 0.0169. The van der Waals surface area contributed by atoms with Crippen LogP contribution >= 0.6 is 15.6 Å². The number of rotatable bonds is 72. The maximum Gasteiger partial charge on any atom is 0.472 e. The van der Waals surface area contributed by atoms with Gasteiger partial charge in [0.1, 0.15) is 19.3 Å². The molecule has 0 saturated carbocycles. The normalized spacial score (nSPS) is 14.5. The molecular formula is C79H138O17P2. The van der Waals surface area contributed by atoms with Crippen LogP contribution in [0.1, 0.15) is 323 Å². The van der Waals surface area contributed by atoms with Gasteiger partial charge in [-0.15, -0.1) is 0 Å². The number of ether oxygens (including phenoxy) is 4. The number of carbonyl (C=O) groups excluding carboxylic acids is 4. The van der Waals surface area contributed by atoms with Gasteiger partial charge >= 0.3 is 39.5 Å². The van der Waals surface area contributed by atoms with Crippen molar-refractivity contribution in [3.05, 3.63) is 97.2 Å². The van der Waals surface area contributed by atoms with Crippen molar-refractivity contribution in [3.63, 3.8) is 0 Å². The Bertz CT molecular complexity index is 2240. The third-order valence-electron chi connectivity index (χ3n) is 16.0. The average Bonchev–Trinajstić information content (AvgIpc) is 1.00. The first kappa shape index (κ1) is 94.0. The smallest absolute Gasteiger partial charge is 0.462 e. The Kier molecular flexibility index (Phi) is 68.4. The second-order valence-corrected chi connectivity index (χ2v) is 28.5. The minimum atomic E-state index is -4.98. The fraction of sp³-hybridized carbons (Fsp3) is 0.747. The summed E-state index contributed by atoms with van der Waals surface area (Å²) in [6.07, 6.45) is 74.0. The molecule has 0 fully saturated rings. The highest BCUT2D eigenvalue weighted by molar-refractivity contribution is 7.47. The standard InChI is InChI=1S/C79H138O17P2/c1-5-9-13-17-21-25-29-32-34-35-36-37-39-42-45-48-52-56-60-64-77(82)89-69-74(95-78(83)65-61-57-53-49-43-28-24-20-16-12-8-4)71-93-97(85,86)91-67-73(80)68-92-98(87,88)94-72-75(96-79(84)66-62-58-54-50-46-40-31-27-23-19-15-11-7-3)70-90-76(81)63-59-55-51-47-44-41-38-33-30-26-22-18-14-10-6-2/h9,13,20-22,24-27,31-34,36-38,73-75,80H,5-8,10-12,14-19,23,28-30,35,39-72H2,1-4H3,(H,85,86)(H,87,88)/b13-9-,24-20-,25-21-,26-22-,31-27-,34-32-,37-36-,38-33-. The van der Waals surface area contributed by atoms with Gasteiger partial charge in [-0.25, -0.2) is 9.13 Å². The summed E-state index contributed by atoms with van der Waals surface area (Å²) in [5.74, 6) is -2.21. The molecule has 0 aromatic carbocycles. The number of carbonyl (C=O) groups is 4. The zero-order valence-electron chi connectivity index (χ0n) is 61.7. The molecule has 0 radical (unpaired) electrons. The van der Waals surface area contributed by atoms with Crippen molar-refractivity contribution >= 4 is 39.5 Å². The number of phosphoric ester groups is 2. The number of phosphoric acid groups is 2. The second kappa shape index (κ2) is 71.4. The molecule has 19 heteroatoms. The minimum absolute atomic E-state index is 0.0806. The maximum atomic E-state index is 13.1. The van der Waals surface area contributed by atoms with E-state index in [1.807, 2.05) is 0 Å². The Hall–Kier alpha value is -4.02. The number of hydrogen-bond donors (Lipinski definition) is 3. The van der Waals surface area contributed by atoms with Crippen LogP contribution in [0.3, 0.4) is 0 Å². The highest BCUT2D eigenvalue weighted by Gasteiger charge is 2.30. The zero-order chi connectivity index (χ0) is 71.8. The summed E-state index contributed by atoms with van der Waals surface area (Å²) in [5.41, 5.74) is 0. The van der Waals surface area contributed by atoms with E-state index >= 15 is 0 Å². The topological polar surface area (TPSA) is 237 Å². The Labute approximate surface area is 595 Å². The third-order valence-corrected chi connectivity index (χ3v) is 17.9. The van der Waals surface area contributed by atoms with Crippen molar-refractivity contribution in [2.75, 3.05) is 39.6 Å². The van der Waals surface area contributed by atoms with Crippen LogP contribution in [0.4, 0.5) is 0 Å². The molecule has 5 unspecified atom stereocenters. The van der Waals surface area contributed by atoms with Crippen LogP contribution in [0.5, 0.6) is 0 Å². The molecule has 0 aliphatic heterocycles. The Balaban J connectivity index is 5.32.